The first-order valence-electron chi connectivity index (χ1n) is 8.69. The lowest BCUT2D eigenvalue weighted by molar-refractivity contribution is -0.384. The molecule has 0 heterocycles. The minimum Gasteiger partial charge on any atom is -0.377 e. The Morgan fingerprint density at radius 1 is 1.26 bits per heavy atom. The second kappa shape index (κ2) is 8.85. The number of nitrogens with zero attached hydrogens (tertiary/aromatic N) is 1. The number of nitrogens with one attached hydrogen (secondary N) is 2. The van der Waals surface area contributed by atoms with Crippen LogP contribution in [0.3, 0.4) is 0 Å². The lowest BCUT2D eigenvalue weighted by atomic mass is 10.1. The van der Waals surface area contributed by atoms with Crippen molar-refractivity contribution in [3.05, 3.63) is 69.5 Å². The zero-order chi connectivity index (χ0) is 19.2. The van der Waals surface area contributed by atoms with Gasteiger partial charge in [0.25, 0.3) is 11.6 Å². The van der Waals surface area contributed by atoms with Gasteiger partial charge in [0, 0.05) is 35.7 Å². The molecule has 2 aromatic carbocycles. The van der Waals surface area contributed by atoms with Crippen LogP contribution in [0.1, 0.15) is 28.8 Å². The molecule has 0 saturated heterocycles. The Labute approximate surface area is 160 Å². The van der Waals surface area contributed by atoms with Gasteiger partial charge in [0.2, 0.25) is 0 Å². The van der Waals surface area contributed by atoms with E-state index in [0.29, 0.717) is 29.3 Å². The van der Waals surface area contributed by atoms with Crippen molar-refractivity contribution >= 4 is 29.0 Å². The molecule has 0 bridgehead atoms. The molecular weight excluding hydrogens is 369 g/mol. The van der Waals surface area contributed by atoms with E-state index in [-0.39, 0.29) is 29.0 Å². The number of benzene rings is 2. The largest absolute Gasteiger partial charge is 0.377 e. The first kappa shape index (κ1) is 19.2. The van der Waals surface area contributed by atoms with E-state index in [0.717, 1.165) is 12.8 Å². The zero-order valence-corrected chi connectivity index (χ0v) is 15.4. The third-order valence-electron chi connectivity index (χ3n) is 4.14. The Bertz CT molecular complexity index is 843. The quantitative estimate of drug-likeness (QED) is 0.385. The average molecular weight is 389 g/mol. The molecule has 0 radical (unpaired) electrons. The van der Waals surface area contributed by atoms with Crippen LogP contribution in [0.4, 0.5) is 15.8 Å². The minimum atomic E-state index is -0.480. The van der Waals surface area contributed by atoms with Crippen molar-refractivity contribution in [1.29, 1.82) is 0 Å². The zero-order valence-electron chi connectivity index (χ0n) is 14.6. The smallest absolute Gasteiger partial charge is 0.293 e. The summed E-state index contributed by atoms with van der Waals surface area (Å²) in [5, 5.41) is 17.1. The molecule has 1 aliphatic rings. The molecular formula is C19H20FN3O3S. The predicted octanol–water partition coefficient (Wildman–Crippen LogP) is 3.97. The lowest BCUT2D eigenvalue weighted by Gasteiger charge is -2.09. The molecule has 1 fully saturated rings. The van der Waals surface area contributed by atoms with Gasteiger partial charge in [-0.25, -0.2) is 4.39 Å². The number of carbonyl (C=O) groups excluding carboxylic acids is 1. The molecule has 6 nitrogen and oxygen atoms in total. The maximum atomic E-state index is 13.5. The summed E-state index contributed by atoms with van der Waals surface area (Å²) in [5.41, 5.74) is 1.23. The summed E-state index contributed by atoms with van der Waals surface area (Å²) in [7, 11) is 0. The van der Waals surface area contributed by atoms with E-state index in [2.05, 4.69) is 10.6 Å². The first-order chi connectivity index (χ1) is 13.0. The monoisotopic (exact) mass is 389 g/mol. The van der Waals surface area contributed by atoms with Gasteiger partial charge >= 0.3 is 0 Å². The second-order valence-corrected chi connectivity index (χ2v) is 7.41. The summed E-state index contributed by atoms with van der Waals surface area (Å²) >= 11 is 1.51. The number of nitro benzene ring substituents is 1. The molecule has 142 valence electrons. The van der Waals surface area contributed by atoms with E-state index in [1.165, 1.54) is 23.9 Å². The summed E-state index contributed by atoms with van der Waals surface area (Å²) in [4.78, 5) is 23.0. The number of anilines is 1. The Morgan fingerprint density at radius 3 is 2.74 bits per heavy atom. The molecule has 1 aliphatic carbocycles. The molecule has 0 aromatic heterocycles. The molecule has 1 amide bonds. The van der Waals surface area contributed by atoms with Crippen LogP contribution in [-0.4, -0.2) is 29.2 Å². The van der Waals surface area contributed by atoms with Crippen LogP contribution in [0.25, 0.3) is 0 Å². The van der Waals surface area contributed by atoms with Crippen molar-refractivity contribution < 1.29 is 14.1 Å². The van der Waals surface area contributed by atoms with Crippen LogP contribution in [0.5, 0.6) is 0 Å². The molecule has 3 rings (SSSR count). The van der Waals surface area contributed by atoms with Crippen molar-refractivity contribution in [2.45, 2.75) is 24.6 Å². The third kappa shape index (κ3) is 5.43. The molecule has 0 spiro atoms. The number of amides is 1. The van der Waals surface area contributed by atoms with Crippen LogP contribution >= 0.6 is 11.8 Å². The van der Waals surface area contributed by atoms with Gasteiger partial charge in [-0.1, -0.05) is 18.2 Å². The highest BCUT2D eigenvalue weighted by molar-refractivity contribution is 7.98. The minimum absolute atomic E-state index is 0.0940. The van der Waals surface area contributed by atoms with E-state index >= 15 is 0 Å². The van der Waals surface area contributed by atoms with Gasteiger partial charge in [0.1, 0.15) is 11.5 Å². The highest BCUT2D eigenvalue weighted by atomic mass is 32.2. The summed E-state index contributed by atoms with van der Waals surface area (Å²) in [6.45, 7) is 0.397. The first-order valence-corrected chi connectivity index (χ1v) is 9.84. The van der Waals surface area contributed by atoms with Crippen LogP contribution < -0.4 is 10.6 Å². The Balaban J connectivity index is 1.49. The SMILES string of the molecule is O=C(NCCSCc1ccccc1F)c1ccc(NC2CC2)c([N+](=O)[O-])c1. The maximum Gasteiger partial charge on any atom is 0.293 e. The summed E-state index contributed by atoms with van der Waals surface area (Å²) < 4.78 is 13.5. The van der Waals surface area contributed by atoms with E-state index < -0.39 is 4.92 Å². The fourth-order valence-electron chi connectivity index (χ4n) is 2.53. The molecule has 1 saturated carbocycles. The van der Waals surface area contributed by atoms with Crippen molar-refractivity contribution in [3.8, 4) is 0 Å². The highest BCUT2D eigenvalue weighted by Crippen LogP contribution is 2.31. The van der Waals surface area contributed by atoms with E-state index in [1.54, 1.807) is 30.3 Å². The van der Waals surface area contributed by atoms with Crippen molar-refractivity contribution in [2.24, 2.45) is 0 Å². The molecule has 0 aliphatic heterocycles. The number of hydrogen-bond acceptors (Lipinski definition) is 5. The lowest BCUT2D eigenvalue weighted by Crippen LogP contribution is -2.25. The van der Waals surface area contributed by atoms with Crippen LogP contribution in [0.15, 0.2) is 42.5 Å². The number of hydrogen-bond donors (Lipinski definition) is 2. The van der Waals surface area contributed by atoms with Gasteiger partial charge in [-0.05, 0) is 36.6 Å². The topological polar surface area (TPSA) is 84.3 Å². The van der Waals surface area contributed by atoms with Crippen LogP contribution in [0.2, 0.25) is 0 Å². The summed E-state index contributed by atoms with van der Waals surface area (Å²) in [6.07, 6.45) is 2.01. The molecule has 0 unspecified atom stereocenters. The standard InChI is InChI=1S/C19H20FN3O3S/c20-16-4-2-1-3-14(16)12-27-10-9-21-19(24)13-5-8-17(22-15-6-7-15)18(11-13)23(25)26/h1-5,8,11,15,22H,6-7,9-10,12H2,(H,21,24). The van der Waals surface area contributed by atoms with E-state index in [4.69, 9.17) is 0 Å². The van der Waals surface area contributed by atoms with Crippen LogP contribution in [0, 0.1) is 15.9 Å². The van der Waals surface area contributed by atoms with Gasteiger partial charge in [-0.2, -0.15) is 11.8 Å². The molecule has 0 atom stereocenters. The molecule has 27 heavy (non-hydrogen) atoms. The molecule has 8 heteroatoms. The van der Waals surface area contributed by atoms with Gasteiger partial charge in [0.05, 0.1) is 4.92 Å². The fourth-order valence-corrected chi connectivity index (χ4v) is 3.37. The van der Waals surface area contributed by atoms with Crippen LogP contribution in [-0.2, 0) is 5.75 Å². The van der Waals surface area contributed by atoms with Crippen molar-refractivity contribution in [3.63, 3.8) is 0 Å². The number of nitro groups is 1. The fraction of sp³-hybridized carbons (Fsp3) is 0.316. The van der Waals surface area contributed by atoms with Gasteiger partial charge in [-0.3, -0.25) is 14.9 Å². The van der Waals surface area contributed by atoms with Gasteiger partial charge < -0.3 is 10.6 Å². The predicted molar refractivity (Wildman–Crippen MR) is 105 cm³/mol. The molecule has 2 aromatic rings. The highest BCUT2D eigenvalue weighted by Gasteiger charge is 2.25. The van der Waals surface area contributed by atoms with Crippen molar-refractivity contribution in [1.82, 2.24) is 5.32 Å². The third-order valence-corrected chi connectivity index (χ3v) is 5.15. The number of halogens is 1. The van der Waals surface area contributed by atoms with E-state index in [1.807, 2.05) is 0 Å². The van der Waals surface area contributed by atoms with Gasteiger partial charge in [0.15, 0.2) is 0 Å². The Kier molecular flexibility index (Phi) is 6.28. The average Bonchev–Trinajstić information content (AvgIpc) is 3.47. The Morgan fingerprint density at radius 2 is 2.04 bits per heavy atom. The summed E-state index contributed by atoms with van der Waals surface area (Å²) in [6, 6.07) is 11.3. The van der Waals surface area contributed by atoms with Crippen molar-refractivity contribution in [2.75, 3.05) is 17.6 Å². The maximum absolute atomic E-state index is 13.5. The second-order valence-electron chi connectivity index (χ2n) is 6.31. The van der Waals surface area contributed by atoms with E-state index in [9.17, 15) is 19.3 Å². The molecule has 2 N–H and O–H groups in total. The normalized spacial score (nSPS) is 13.2. The van der Waals surface area contributed by atoms with Gasteiger partial charge in [-0.15, -0.1) is 0 Å². The number of thioether (sulfide) groups is 1. The Hall–Kier alpha value is -2.61. The number of carbonyl (C=O) groups is 1. The summed E-state index contributed by atoms with van der Waals surface area (Å²) in [5.74, 6) is 0.544. The number of rotatable bonds is 9.